The summed E-state index contributed by atoms with van der Waals surface area (Å²) in [7, 11) is 3.07. The highest BCUT2D eigenvalue weighted by Crippen LogP contribution is 2.30. The Morgan fingerprint density at radius 3 is 2.42 bits per heavy atom. The number of hydrogen-bond donors (Lipinski definition) is 2. The third-order valence-electron chi connectivity index (χ3n) is 5.26. The molecule has 174 valence electrons. The first-order valence-electron chi connectivity index (χ1n) is 10.2. The Morgan fingerprint density at radius 2 is 1.76 bits per heavy atom. The van der Waals surface area contributed by atoms with E-state index in [-0.39, 0.29) is 35.9 Å². The first-order valence-corrected chi connectivity index (χ1v) is 10.2. The van der Waals surface area contributed by atoms with E-state index in [1.807, 2.05) is 13.0 Å². The third kappa shape index (κ3) is 5.03. The van der Waals surface area contributed by atoms with Crippen molar-refractivity contribution >= 4 is 23.5 Å². The summed E-state index contributed by atoms with van der Waals surface area (Å²) in [4.78, 5) is 48.4. The molecule has 0 aliphatic carbocycles. The molecular weight excluding hydrogens is 432 g/mol. The second kappa shape index (κ2) is 9.98. The first kappa shape index (κ1) is 23.5. The summed E-state index contributed by atoms with van der Waals surface area (Å²) in [5.74, 6) is 0.0534. The summed E-state index contributed by atoms with van der Waals surface area (Å²) in [6.07, 6.45) is 0.325. The Kier molecular flexibility index (Phi) is 7.11. The van der Waals surface area contributed by atoms with Gasteiger partial charge < -0.3 is 20.1 Å². The summed E-state index contributed by atoms with van der Waals surface area (Å²) in [5.41, 5.74) is 0.727. The van der Waals surface area contributed by atoms with Gasteiger partial charge in [0.2, 0.25) is 0 Å². The number of imide groups is 1. The molecule has 11 nitrogen and oxygen atoms in total. The highest BCUT2D eigenvalue weighted by Gasteiger charge is 2.36. The number of nitro groups is 1. The summed E-state index contributed by atoms with van der Waals surface area (Å²) in [6.45, 7) is 2.11. The van der Waals surface area contributed by atoms with Crippen LogP contribution in [-0.4, -0.2) is 55.0 Å². The van der Waals surface area contributed by atoms with Gasteiger partial charge in [-0.2, -0.15) is 0 Å². The molecule has 1 atom stereocenters. The van der Waals surface area contributed by atoms with Gasteiger partial charge in [0.05, 0.1) is 36.3 Å². The van der Waals surface area contributed by atoms with Crippen molar-refractivity contribution in [3.8, 4) is 11.5 Å². The van der Waals surface area contributed by atoms with Gasteiger partial charge in [-0.1, -0.05) is 6.07 Å². The average Bonchev–Trinajstić information content (AvgIpc) is 3.05. The SMILES string of the molecule is COc1ccc(C(C)NC(=O)NCCCN2C(=O)c3ccc([N+](=O)[O-])cc3C2=O)cc1OC. The molecule has 0 fully saturated rings. The second-order valence-electron chi connectivity index (χ2n) is 7.34. The van der Waals surface area contributed by atoms with E-state index in [1.54, 1.807) is 19.2 Å². The van der Waals surface area contributed by atoms with Crippen molar-refractivity contribution in [3.63, 3.8) is 0 Å². The molecule has 0 radical (unpaired) electrons. The number of nitrogens with zero attached hydrogens (tertiary/aromatic N) is 2. The van der Waals surface area contributed by atoms with E-state index in [4.69, 9.17) is 9.47 Å². The molecule has 1 aliphatic heterocycles. The zero-order chi connectivity index (χ0) is 24.1. The molecule has 2 aromatic rings. The van der Waals surface area contributed by atoms with Crippen molar-refractivity contribution in [2.45, 2.75) is 19.4 Å². The third-order valence-corrected chi connectivity index (χ3v) is 5.26. The number of nitro benzene ring substituents is 1. The Bertz CT molecular complexity index is 1100. The normalized spacial score (nSPS) is 13.4. The molecule has 0 spiro atoms. The van der Waals surface area contributed by atoms with E-state index in [2.05, 4.69) is 10.6 Å². The van der Waals surface area contributed by atoms with Crippen LogP contribution >= 0.6 is 0 Å². The number of rotatable bonds is 9. The number of methoxy groups -OCH3 is 2. The number of hydrogen-bond acceptors (Lipinski definition) is 7. The fraction of sp³-hybridized carbons (Fsp3) is 0.318. The van der Waals surface area contributed by atoms with E-state index in [0.29, 0.717) is 17.9 Å². The highest BCUT2D eigenvalue weighted by molar-refractivity contribution is 6.21. The van der Waals surface area contributed by atoms with Crippen LogP contribution in [0.4, 0.5) is 10.5 Å². The molecule has 11 heteroatoms. The van der Waals surface area contributed by atoms with Gasteiger partial charge in [0.15, 0.2) is 11.5 Å². The number of carbonyl (C=O) groups is 3. The lowest BCUT2D eigenvalue weighted by Gasteiger charge is -2.17. The van der Waals surface area contributed by atoms with Crippen molar-refractivity contribution in [1.29, 1.82) is 0 Å². The van der Waals surface area contributed by atoms with Crippen LogP contribution in [0.5, 0.6) is 11.5 Å². The van der Waals surface area contributed by atoms with Gasteiger partial charge in [0.25, 0.3) is 17.5 Å². The number of carbonyl (C=O) groups excluding carboxylic acids is 3. The maximum Gasteiger partial charge on any atom is 0.315 e. The lowest BCUT2D eigenvalue weighted by Crippen LogP contribution is -2.39. The summed E-state index contributed by atoms with van der Waals surface area (Å²) in [6, 6.07) is 8.22. The van der Waals surface area contributed by atoms with Gasteiger partial charge in [-0.15, -0.1) is 0 Å². The first-order chi connectivity index (χ1) is 15.8. The number of urea groups is 1. The molecule has 1 aliphatic rings. The van der Waals surface area contributed by atoms with Gasteiger partial charge in [0, 0.05) is 25.2 Å². The van der Waals surface area contributed by atoms with Crippen LogP contribution in [0, 0.1) is 10.1 Å². The molecule has 0 bridgehead atoms. The van der Waals surface area contributed by atoms with Crippen molar-refractivity contribution in [3.05, 3.63) is 63.2 Å². The fourth-order valence-corrected chi connectivity index (χ4v) is 3.49. The number of non-ortho nitro benzene ring substituents is 1. The predicted molar refractivity (Wildman–Crippen MR) is 118 cm³/mol. The largest absolute Gasteiger partial charge is 0.493 e. The van der Waals surface area contributed by atoms with Crippen LogP contribution < -0.4 is 20.1 Å². The van der Waals surface area contributed by atoms with E-state index >= 15 is 0 Å². The van der Waals surface area contributed by atoms with Gasteiger partial charge in [-0.3, -0.25) is 24.6 Å². The minimum absolute atomic E-state index is 0.0173. The number of fused-ring (bicyclic) bond motifs is 1. The van der Waals surface area contributed by atoms with E-state index in [9.17, 15) is 24.5 Å². The van der Waals surface area contributed by atoms with Crippen LogP contribution in [0.15, 0.2) is 36.4 Å². The van der Waals surface area contributed by atoms with Gasteiger partial charge in [0.1, 0.15) is 0 Å². The van der Waals surface area contributed by atoms with Crippen LogP contribution in [-0.2, 0) is 0 Å². The molecule has 4 amide bonds. The zero-order valence-corrected chi connectivity index (χ0v) is 18.4. The maximum atomic E-state index is 12.5. The standard InChI is InChI=1S/C22H24N4O7/c1-13(14-5-8-18(32-2)19(11-14)33-3)24-22(29)23-9-4-10-25-20(27)16-7-6-15(26(30)31)12-17(16)21(25)28/h5-8,11-13H,4,9-10H2,1-3H3,(H2,23,24,29). The maximum absolute atomic E-state index is 12.5. The molecular formula is C22H24N4O7. The Hall–Kier alpha value is -4.15. The Balaban J connectivity index is 1.49. The Labute approximate surface area is 189 Å². The van der Waals surface area contributed by atoms with Crippen molar-refractivity contribution in [1.82, 2.24) is 15.5 Å². The lowest BCUT2D eigenvalue weighted by molar-refractivity contribution is -0.384. The molecule has 0 aromatic heterocycles. The number of benzene rings is 2. The van der Waals surface area contributed by atoms with Gasteiger partial charge in [-0.05, 0) is 37.1 Å². The molecule has 1 heterocycles. The number of nitrogens with one attached hydrogen (secondary N) is 2. The minimum atomic E-state index is -0.619. The topological polar surface area (TPSA) is 140 Å². The second-order valence-corrected chi connectivity index (χ2v) is 7.34. The zero-order valence-electron chi connectivity index (χ0n) is 18.4. The van der Waals surface area contributed by atoms with Crippen LogP contribution in [0.1, 0.15) is 45.7 Å². The molecule has 3 rings (SSSR count). The smallest absolute Gasteiger partial charge is 0.315 e. The van der Waals surface area contributed by atoms with Crippen molar-refractivity contribution in [2.24, 2.45) is 0 Å². The molecule has 0 saturated heterocycles. The monoisotopic (exact) mass is 456 g/mol. The van der Waals surface area contributed by atoms with E-state index in [1.165, 1.54) is 19.2 Å². The van der Waals surface area contributed by atoms with Crippen LogP contribution in [0.25, 0.3) is 0 Å². The van der Waals surface area contributed by atoms with Crippen molar-refractivity contribution < 1.29 is 28.8 Å². The quantitative estimate of drug-likeness (QED) is 0.256. The van der Waals surface area contributed by atoms with Gasteiger partial charge >= 0.3 is 6.03 Å². The Morgan fingerprint density at radius 1 is 1.06 bits per heavy atom. The molecule has 0 saturated carbocycles. The lowest BCUT2D eigenvalue weighted by atomic mass is 10.1. The highest BCUT2D eigenvalue weighted by atomic mass is 16.6. The minimum Gasteiger partial charge on any atom is -0.493 e. The summed E-state index contributed by atoms with van der Waals surface area (Å²) < 4.78 is 10.5. The van der Waals surface area contributed by atoms with Crippen LogP contribution in [0.2, 0.25) is 0 Å². The fourth-order valence-electron chi connectivity index (χ4n) is 3.49. The van der Waals surface area contributed by atoms with Crippen molar-refractivity contribution in [2.75, 3.05) is 27.3 Å². The van der Waals surface area contributed by atoms with E-state index in [0.717, 1.165) is 16.5 Å². The number of ether oxygens (including phenoxy) is 2. The number of amides is 4. The van der Waals surface area contributed by atoms with Gasteiger partial charge in [-0.25, -0.2) is 4.79 Å². The van der Waals surface area contributed by atoms with Crippen LogP contribution in [0.3, 0.4) is 0 Å². The molecule has 1 unspecified atom stereocenters. The average molecular weight is 456 g/mol. The molecule has 2 N–H and O–H groups in total. The summed E-state index contributed by atoms with van der Waals surface area (Å²) in [5, 5.41) is 16.4. The van der Waals surface area contributed by atoms with E-state index < -0.39 is 22.8 Å². The predicted octanol–water partition coefficient (Wildman–Crippen LogP) is 2.66. The molecule has 2 aromatic carbocycles. The summed E-state index contributed by atoms with van der Waals surface area (Å²) >= 11 is 0. The molecule has 33 heavy (non-hydrogen) atoms.